The number of rotatable bonds is 6. The molecule has 0 radical (unpaired) electrons. The Hall–Kier alpha value is -0.850. The minimum absolute atomic E-state index is 0.0614. The van der Waals surface area contributed by atoms with Gasteiger partial charge in [-0.3, -0.25) is 4.79 Å². The van der Waals surface area contributed by atoms with Gasteiger partial charge in [-0.25, -0.2) is 0 Å². The van der Waals surface area contributed by atoms with Gasteiger partial charge in [0.05, 0.1) is 5.41 Å². The van der Waals surface area contributed by atoms with Gasteiger partial charge in [-0.1, -0.05) is 67.2 Å². The second-order valence-electron chi connectivity index (χ2n) is 6.46. The number of fused-ring (bicyclic) bond motifs is 3. The normalized spacial score (nSPS) is 18.5. The van der Waals surface area contributed by atoms with Gasteiger partial charge in [0.1, 0.15) is 0 Å². The maximum absolute atomic E-state index is 15.5. The fourth-order valence-electron chi connectivity index (χ4n) is 3.89. The standard InChI is InChI=1S/C20H17Cl2F2IO/c1-12-10-15-18(16(21)11-12)13-6-3-4-7-14(13)19(15,20(23,24)25-2)9-5-8-17(22)26/h3-4,6-7,10-11H,2,5,8-9H2,1H3. The van der Waals surface area contributed by atoms with Crippen molar-refractivity contribution in [3.8, 4) is 11.1 Å². The SMILES string of the molecule is C=IC(F)(F)C1(CCCC(=O)Cl)c2ccccc2-c2c(Cl)cc(C)cc21. The highest BCUT2D eigenvalue weighted by molar-refractivity contribution is 14.2. The third kappa shape index (κ3) is 3.04. The Bertz CT molecular complexity index is 897. The van der Waals surface area contributed by atoms with E-state index >= 15 is 8.78 Å². The molecule has 0 heterocycles. The summed E-state index contributed by atoms with van der Waals surface area (Å²) < 4.78 is 31.6. The summed E-state index contributed by atoms with van der Waals surface area (Å²) in [6.07, 6.45) is 0.463. The van der Waals surface area contributed by atoms with Gasteiger partial charge in [-0.05, 0) is 59.7 Å². The maximum Gasteiger partial charge on any atom is 0.304 e. The highest BCUT2D eigenvalue weighted by atomic mass is 127. The van der Waals surface area contributed by atoms with E-state index in [2.05, 4.69) is 4.51 Å². The molecule has 1 nitrogen and oxygen atoms in total. The van der Waals surface area contributed by atoms with Gasteiger partial charge in [-0.15, -0.1) is 0 Å². The lowest BCUT2D eigenvalue weighted by Gasteiger charge is -2.37. The van der Waals surface area contributed by atoms with Gasteiger partial charge in [0.15, 0.2) is 0 Å². The van der Waals surface area contributed by atoms with Crippen molar-refractivity contribution >= 4 is 53.7 Å². The molecule has 138 valence electrons. The quantitative estimate of drug-likeness (QED) is 0.237. The summed E-state index contributed by atoms with van der Waals surface area (Å²) in [4.78, 5) is 11.2. The Morgan fingerprint density at radius 3 is 2.62 bits per heavy atom. The predicted molar refractivity (Wildman–Crippen MR) is 113 cm³/mol. The van der Waals surface area contributed by atoms with E-state index in [1.165, 1.54) is 0 Å². The van der Waals surface area contributed by atoms with E-state index in [-0.39, 0.29) is 19.3 Å². The summed E-state index contributed by atoms with van der Waals surface area (Å²) >= 11 is 10.3. The molecule has 0 saturated carbocycles. The molecule has 0 bridgehead atoms. The Morgan fingerprint density at radius 1 is 1.27 bits per heavy atom. The molecule has 0 spiro atoms. The molecule has 1 aliphatic rings. The van der Waals surface area contributed by atoms with Crippen LogP contribution < -0.4 is 0 Å². The summed E-state index contributed by atoms with van der Waals surface area (Å²) in [6, 6.07) is 10.8. The highest BCUT2D eigenvalue weighted by Crippen LogP contribution is 2.62. The number of hydrogen-bond acceptors (Lipinski definition) is 1. The van der Waals surface area contributed by atoms with E-state index in [1.807, 2.05) is 19.1 Å². The molecule has 26 heavy (non-hydrogen) atoms. The summed E-state index contributed by atoms with van der Waals surface area (Å²) in [5.74, 6) is 0. The molecule has 1 aliphatic carbocycles. The molecule has 2 aromatic rings. The third-order valence-corrected chi connectivity index (χ3v) is 7.29. The first-order valence-corrected chi connectivity index (χ1v) is 11.5. The number of carbonyl (C=O) groups excluding carboxylic acids is 1. The van der Waals surface area contributed by atoms with E-state index in [0.717, 1.165) is 11.1 Å². The van der Waals surface area contributed by atoms with Crippen LogP contribution >= 0.6 is 43.9 Å². The van der Waals surface area contributed by atoms with Crippen molar-refractivity contribution in [3.63, 3.8) is 0 Å². The molecule has 0 saturated heterocycles. The van der Waals surface area contributed by atoms with E-state index < -0.39 is 35.3 Å². The molecule has 2 aromatic carbocycles. The van der Waals surface area contributed by atoms with Crippen LogP contribution in [0, 0.1) is 6.92 Å². The van der Waals surface area contributed by atoms with Gasteiger partial charge in [0, 0.05) is 17.0 Å². The van der Waals surface area contributed by atoms with Crippen LogP contribution in [0.2, 0.25) is 5.02 Å². The Kier molecular flexibility index (Phi) is 5.58. The van der Waals surface area contributed by atoms with Crippen LogP contribution in [-0.4, -0.2) is 13.7 Å². The van der Waals surface area contributed by atoms with E-state index in [1.54, 1.807) is 24.3 Å². The summed E-state index contributed by atoms with van der Waals surface area (Å²) in [5.41, 5.74) is 1.83. The minimum atomic E-state index is -2.99. The van der Waals surface area contributed by atoms with Crippen LogP contribution in [0.3, 0.4) is 0 Å². The number of carbonyl (C=O) groups is 1. The lowest BCUT2D eigenvalue weighted by molar-refractivity contribution is -0.111. The molecule has 0 amide bonds. The third-order valence-electron chi connectivity index (χ3n) is 4.93. The molecule has 1 atom stereocenters. The van der Waals surface area contributed by atoms with Gasteiger partial charge >= 0.3 is 3.93 Å². The fourth-order valence-corrected chi connectivity index (χ4v) is 5.91. The number of halogens is 5. The van der Waals surface area contributed by atoms with Crippen LogP contribution in [0.1, 0.15) is 36.0 Å². The predicted octanol–water partition coefficient (Wildman–Crippen LogP) is 6.85. The zero-order chi connectivity index (χ0) is 19.1. The monoisotopic (exact) mass is 508 g/mol. The van der Waals surface area contributed by atoms with E-state index in [4.69, 9.17) is 23.2 Å². The second-order valence-corrected chi connectivity index (χ2v) is 9.41. The Morgan fingerprint density at radius 2 is 1.96 bits per heavy atom. The van der Waals surface area contributed by atoms with Gasteiger partial charge in [0.2, 0.25) is 5.24 Å². The van der Waals surface area contributed by atoms with E-state index in [9.17, 15) is 4.79 Å². The number of hydrogen-bond donors (Lipinski definition) is 0. The van der Waals surface area contributed by atoms with Crippen LogP contribution in [0.4, 0.5) is 8.78 Å². The molecule has 0 aliphatic heterocycles. The molecule has 1 unspecified atom stereocenters. The van der Waals surface area contributed by atoms with Crippen molar-refractivity contribution in [3.05, 3.63) is 58.1 Å². The van der Waals surface area contributed by atoms with Crippen LogP contribution in [0.25, 0.3) is 11.1 Å². The second kappa shape index (κ2) is 7.28. The average molecular weight is 509 g/mol. The lowest BCUT2D eigenvalue weighted by atomic mass is 9.74. The van der Waals surface area contributed by atoms with Crippen LogP contribution in [0.5, 0.6) is 0 Å². The van der Waals surface area contributed by atoms with Crippen molar-refractivity contribution in [2.45, 2.75) is 35.5 Å². The smallest absolute Gasteiger partial charge is 0.281 e. The Balaban J connectivity index is 2.33. The molecule has 0 aromatic heterocycles. The number of benzene rings is 2. The zero-order valence-electron chi connectivity index (χ0n) is 14.1. The van der Waals surface area contributed by atoms with Crippen molar-refractivity contribution in [2.24, 2.45) is 0 Å². The van der Waals surface area contributed by atoms with Crippen molar-refractivity contribution < 1.29 is 13.6 Å². The zero-order valence-corrected chi connectivity index (χ0v) is 17.8. The first kappa shape index (κ1) is 19.9. The molecule has 3 rings (SSSR count). The first-order chi connectivity index (χ1) is 12.2. The van der Waals surface area contributed by atoms with Crippen LogP contribution in [0.15, 0.2) is 36.4 Å². The summed E-state index contributed by atoms with van der Waals surface area (Å²) in [5, 5.41) is -0.0395. The molecule has 0 fully saturated rings. The average Bonchev–Trinajstić information content (AvgIpc) is 2.86. The molecular weight excluding hydrogens is 492 g/mol. The topological polar surface area (TPSA) is 17.1 Å². The minimum Gasteiger partial charge on any atom is -0.281 e. The van der Waals surface area contributed by atoms with Gasteiger partial charge in [-0.2, -0.15) is 8.78 Å². The summed E-state index contributed by atoms with van der Waals surface area (Å²) in [6.45, 7) is 1.85. The van der Waals surface area contributed by atoms with Crippen LogP contribution in [-0.2, 0) is 10.2 Å². The first-order valence-electron chi connectivity index (χ1n) is 8.11. The molecule has 0 N–H and O–H groups in total. The summed E-state index contributed by atoms with van der Waals surface area (Å²) in [7, 11) is 0. The number of aryl methyl sites for hydroxylation is 1. The van der Waals surface area contributed by atoms with Crippen molar-refractivity contribution in [2.75, 3.05) is 0 Å². The van der Waals surface area contributed by atoms with Gasteiger partial charge < -0.3 is 0 Å². The molecule has 6 heteroatoms. The molecular formula is C20H17Cl2F2IO. The van der Waals surface area contributed by atoms with Crippen molar-refractivity contribution in [1.82, 2.24) is 0 Å². The maximum atomic E-state index is 15.5. The number of alkyl halides is 3. The largest absolute Gasteiger partial charge is 0.304 e. The Labute approximate surface area is 171 Å². The van der Waals surface area contributed by atoms with E-state index in [0.29, 0.717) is 21.7 Å². The highest BCUT2D eigenvalue weighted by Gasteiger charge is 2.59. The van der Waals surface area contributed by atoms with Gasteiger partial charge in [0.25, 0.3) is 0 Å². The lowest BCUT2D eigenvalue weighted by Crippen LogP contribution is -2.41. The fraction of sp³-hybridized carbons (Fsp3) is 0.300. The van der Waals surface area contributed by atoms with Crippen molar-refractivity contribution in [1.29, 1.82) is 0 Å².